The predicted molar refractivity (Wildman–Crippen MR) is 76.6 cm³/mol. The third kappa shape index (κ3) is 21.3. The van der Waals surface area contributed by atoms with Gasteiger partial charge >= 0.3 is 19.5 Å². The van der Waals surface area contributed by atoms with Crippen LogP contribution >= 0.6 is 0 Å². The third-order valence-corrected chi connectivity index (χ3v) is 1.14. The fourth-order valence-corrected chi connectivity index (χ4v) is 0.666. The van der Waals surface area contributed by atoms with E-state index in [1.54, 1.807) is 20.8 Å². The Labute approximate surface area is 121 Å². The Morgan fingerprint density at radius 1 is 1.06 bits per heavy atom. The van der Waals surface area contributed by atoms with E-state index in [4.69, 9.17) is 0 Å². The van der Waals surface area contributed by atoms with E-state index < -0.39 is 0 Å². The van der Waals surface area contributed by atoms with Gasteiger partial charge in [-0.3, -0.25) is 0 Å². The van der Waals surface area contributed by atoms with Gasteiger partial charge in [0.2, 0.25) is 0 Å². The van der Waals surface area contributed by atoms with Gasteiger partial charge in [-0.25, -0.2) is 0 Å². The minimum Gasteiger partial charge on any atom is -0.453 e. The van der Waals surface area contributed by atoms with Gasteiger partial charge in [0.25, 0.3) is 0 Å². The molecule has 0 aliphatic carbocycles. The molecule has 98 valence electrons. The van der Waals surface area contributed by atoms with Gasteiger partial charge in [0.1, 0.15) is 0 Å². The molecular formula is C15H25NRu. The largest absolute Gasteiger partial charge is 4.00 e. The fraction of sp³-hybridized carbons (Fsp3) is 0.267. The van der Waals surface area contributed by atoms with Crippen molar-refractivity contribution in [3.63, 3.8) is 0 Å². The van der Waals surface area contributed by atoms with E-state index in [1.165, 1.54) is 0 Å². The molecule has 0 radical (unpaired) electrons. The maximum atomic E-state index is 3.25. The summed E-state index contributed by atoms with van der Waals surface area (Å²) < 4.78 is 0. The van der Waals surface area contributed by atoms with Crippen LogP contribution in [-0.2, 0) is 19.5 Å². The number of allylic oxidation sites excluding steroid dienone is 3. The average Bonchev–Trinajstić information content (AvgIpc) is 2.90. The van der Waals surface area contributed by atoms with Crippen molar-refractivity contribution in [1.29, 1.82) is 0 Å². The van der Waals surface area contributed by atoms with Crippen LogP contribution in [0.2, 0.25) is 0 Å². The third-order valence-electron chi connectivity index (χ3n) is 1.14. The molecule has 1 nitrogen and oxygen atoms in total. The SMILES string of the molecule is CC=CC=Cc1[c-][nH]cc1.[CH2-]C.[CH2-]C.[CH2-]C.[Ru+4]. The van der Waals surface area contributed by atoms with Crippen LogP contribution in [0.25, 0.3) is 6.08 Å². The molecular weight excluding hydrogens is 295 g/mol. The maximum Gasteiger partial charge on any atom is 4.00 e. The van der Waals surface area contributed by atoms with E-state index in [9.17, 15) is 0 Å². The molecule has 1 rings (SSSR count). The molecule has 0 aromatic carbocycles. The number of nitrogens with one attached hydrogen (secondary N) is 1. The summed E-state index contributed by atoms with van der Waals surface area (Å²) >= 11 is 0. The molecule has 0 bridgehead atoms. The molecule has 1 aromatic heterocycles. The Balaban J connectivity index is -0.000000106. The van der Waals surface area contributed by atoms with Gasteiger partial charge in [0.15, 0.2) is 0 Å². The summed E-state index contributed by atoms with van der Waals surface area (Å²) in [7, 11) is 0. The minimum atomic E-state index is 0. The van der Waals surface area contributed by atoms with Gasteiger partial charge in [-0.15, -0.1) is 23.9 Å². The fourth-order valence-electron chi connectivity index (χ4n) is 0.666. The standard InChI is InChI=1S/C9H10N.3C2H5.Ru/c1-2-3-4-5-9-6-7-10-8-9;3*1-2;/h2-7,10H,1H3;3*1H2,2H3;/q4*-1;+4. The Hall–Kier alpha value is -0.617. The summed E-state index contributed by atoms with van der Waals surface area (Å²) in [5.41, 5.74) is 1.08. The van der Waals surface area contributed by atoms with Crippen molar-refractivity contribution in [2.24, 2.45) is 0 Å². The molecule has 0 saturated heterocycles. The molecule has 0 atom stereocenters. The maximum absolute atomic E-state index is 3.25. The van der Waals surface area contributed by atoms with Crippen LogP contribution in [-0.4, -0.2) is 4.98 Å². The summed E-state index contributed by atoms with van der Waals surface area (Å²) in [4.78, 5) is 2.86. The quantitative estimate of drug-likeness (QED) is 0.452. The van der Waals surface area contributed by atoms with Crippen molar-refractivity contribution in [3.05, 3.63) is 63.0 Å². The molecule has 17 heavy (non-hydrogen) atoms. The van der Waals surface area contributed by atoms with E-state index in [1.807, 2.05) is 43.5 Å². The van der Waals surface area contributed by atoms with Crippen LogP contribution in [0, 0.1) is 27.0 Å². The van der Waals surface area contributed by atoms with Crippen LogP contribution in [0.3, 0.4) is 0 Å². The molecule has 0 fully saturated rings. The van der Waals surface area contributed by atoms with Crippen LogP contribution in [0.1, 0.15) is 33.3 Å². The first-order valence-electron chi connectivity index (χ1n) is 5.40. The van der Waals surface area contributed by atoms with Crippen molar-refractivity contribution in [1.82, 2.24) is 4.98 Å². The van der Waals surface area contributed by atoms with Crippen LogP contribution in [0.5, 0.6) is 0 Å². The van der Waals surface area contributed by atoms with E-state index >= 15 is 0 Å². The number of aromatic nitrogens is 1. The molecule has 0 aliphatic rings. The van der Waals surface area contributed by atoms with Gasteiger partial charge in [-0.1, -0.05) is 18.3 Å². The second kappa shape index (κ2) is 29.5. The van der Waals surface area contributed by atoms with Gasteiger partial charge in [-0.2, -0.15) is 26.8 Å². The number of hydrogen-bond donors (Lipinski definition) is 1. The topological polar surface area (TPSA) is 15.8 Å². The predicted octanol–water partition coefficient (Wildman–Crippen LogP) is 4.92. The smallest absolute Gasteiger partial charge is 0.453 e. The molecule has 0 unspecified atom stereocenters. The van der Waals surface area contributed by atoms with Crippen molar-refractivity contribution in [2.75, 3.05) is 0 Å². The first-order valence-corrected chi connectivity index (χ1v) is 5.40. The molecule has 1 heterocycles. The normalized spacial score (nSPS) is 7.94. The molecule has 0 amide bonds. The van der Waals surface area contributed by atoms with Crippen LogP contribution < -0.4 is 0 Å². The summed E-state index contributed by atoms with van der Waals surface area (Å²) in [6.45, 7) is 17.0. The van der Waals surface area contributed by atoms with Crippen molar-refractivity contribution >= 4 is 6.08 Å². The van der Waals surface area contributed by atoms with Crippen LogP contribution in [0.15, 0.2) is 30.5 Å². The Morgan fingerprint density at radius 2 is 1.59 bits per heavy atom. The van der Waals surface area contributed by atoms with Crippen molar-refractivity contribution in [3.8, 4) is 0 Å². The van der Waals surface area contributed by atoms with E-state index in [0.717, 1.165) is 5.56 Å². The second-order valence-corrected chi connectivity index (χ2v) is 1.94. The van der Waals surface area contributed by atoms with E-state index in [2.05, 4.69) is 32.0 Å². The minimum absolute atomic E-state index is 0. The van der Waals surface area contributed by atoms with Crippen LogP contribution in [0.4, 0.5) is 0 Å². The monoisotopic (exact) mass is 321 g/mol. The zero-order valence-corrected chi connectivity index (χ0v) is 13.2. The van der Waals surface area contributed by atoms with E-state index in [-0.39, 0.29) is 19.5 Å². The molecule has 0 saturated carbocycles. The Kier molecular flexibility index (Phi) is 43.9. The zero-order chi connectivity index (χ0) is 13.2. The zero-order valence-electron chi connectivity index (χ0n) is 11.4. The molecule has 0 aliphatic heterocycles. The van der Waals surface area contributed by atoms with E-state index in [0.29, 0.717) is 0 Å². The summed E-state index contributed by atoms with van der Waals surface area (Å²) in [5, 5.41) is 0. The Bertz CT molecular complexity index is 223. The van der Waals surface area contributed by atoms with Crippen molar-refractivity contribution in [2.45, 2.75) is 27.7 Å². The Morgan fingerprint density at radius 3 is 1.94 bits per heavy atom. The summed E-state index contributed by atoms with van der Waals surface area (Å²) in [5.74, 6) is 0. The first-order chi connectivity index (χ1) is 7.93. The summed E-state index contributed by atoms with van der Waals surface area (Å²) in [6.07, 6.45) is 12.8. The molecule has 0 spiro atoms. The van der Waals surface area contributed by atoms with Gasteiger partial charge in [0.05, 0.1) is 0 Å². The van der Waals surface area contributed by atoms with Crippen molar-refractivity contribution < 1.29 is 19.5 Å². The van der Waals surface area contributed by atoms with Gasteiger partial charge in [0, 0.05) is 0 Å². The number of H-pyrrole nitrogens is 1. The first kappa shape index (κ1) is 25.3. The molecule has 1 aromatic rings. The van der Waals surface area contributed by atoms with Gasteiger partial charge < -0.3 is 25.8 Å². The second-order valence-electron chi connectivity index (χ2n) is 1.94. The number of aromatic amines is 1. The number of rotatable bonds is 2. The molecule has 2 heteroatoms. The summed E-state index contributed by atoms with van der Waals surface area (Å²) in [6, 6.07) is 1.97. The average molecular weight is 320 g/mol. The number of hydrogen-bond acceptors (Lipinski definition) is 0. The molecule has 1 N–H and O–H groups in total. The van der Waals surface area contributed by atoms with Gasteiger partial charge in [-0.05, 0) is 6.92 Å².